The van der Waals surface area contributed by atoms with Gasteiger partial charge >= 0.3 is 0 Å². The van der Waals surface area contributed by atoms with Crippen LogP contribution in [0.1, 0.15) is 29.4 Å². The Morgan fingerprint density at radius 2 is 2.08 bits per heavy atom. The highest BCUT2D eigenvalue weighted by molar-refractivity contribution is 7.91. The van der Waals surface area contributed by atoms with Crippen molar-refractivity contribution in [1.29, 1.82) is 0 Å². The summed E-state index contributed by atoms with van der Waals surface area (Å²) in [5.41, 5.74) is 1.94. The van der Waals surface area contributed by atoms with E-state index in [1.807, 2.05) is 43.0 Å². The third kappa shape index (κ3) is 4.01. The molecule has 8 heteroatoms. The van der Waals surface area contributed by atoms with Crippen LogP contribution in [-0.2, 0) is 9.84 Å². The summed E-state index contributed by atoms with van der Waals surface area (Å²) in [6.45, 7) is 4.41. The summed E-state index contributed by atoms with van der Waals surface area (Å²) in [6, 6.07) is 8.91. The molecule has 3 rings (SSSR count). The van der Waals surface area contributed by atoms with Crippen LogP contribution in [0.25, 0.3) is 0 Å². The van der Waals surface area contributed by atoms with Gasteiger partial charge in [-0.15, -0.1) is 0 Å². The molecule has 0 aliphatic carbocycles. The zero-order valence-corrected chi connectivity index (χ0v) is 15.7. The van der Waals surface area contributed by atoms with Gasteiger partial charge in [0.2, 0.25) is 5.95 Å². The molecule has 26 heavy (non-hydrogen) atoms. The molecule has 1 saturated heterocycles. The van der Waals surface area contributed by atoms with Crippen molar-refractivity contribution >= 4 is 27.4 Å². The number of aryl methyl sites for hydroxylation is 1. The lowest BCUT2D eigenvalue weighted by Crippen LogP contribution is -2.37. The number of nitrogens with zero attached hydrogens (tertiary/aromatic N) is 3. The van der Waals surface area contributed by atoms with Gasteiger partial charge in [0.25, 0.3) is 5.91 Å². The predicted molar refractivity (Wildman–Crippen MR) is 101 cm³/mol. The Morgan fingerprint density at radius 1 is 1.31 bits per heavy atom. The van der Waals surface area contributed by atoms with Crippen LogP contribution in [0.3, 0.4) is 0 Å². The van der Waals surface area contributed by atoms with Gasteiger partial charge in [0.1, 0.15) is 5.69 Å². The fourth-order valence-corrected chi connectivity index (χ4v) is 4.83. The molecule has 1 aromatic heterocycles. The standard InChI is InChI=1S/C18H22N4O3S/c1-3-22(14-9-11-26(24,25)12-14)18-19-10-8-16(21-18)17(23)20-15-7-5-4-6-13(15)2/h4-8,10,14H,3,9,11-12H2,1-2H3,(H,20,23). The lowest BCUT2D eigenvalue weighted by Gasteiger charge is -2.26. The number of carbonyl (C=O) groups is 1. The van der Waals surface area contributed by atoms with E-state index >= 15 is 0 Å². The van der Waals surface area contributed by atoms with Gasteiger partial charge in [-0.2, -0.15) is 0 Å². The minimum absolute atomic E-state index is 0.101. The van der Waals surface area contributed by atoms with Crippen molar-refractivity contribution in [3.8, 4) is 0 Å². The number of carbonyl (C=O) groups excluding carboxylic acids is 1. The first kappa shape index (κ1) is 18.3. The van der Waals surface area contributed by atoms with E-state index in [2.05, 4.69) is 15.3 Å². The maximum atomic E-state index is 12.5. The number of amides is 1. The van der Waals surface area contributed by atoms with Crippen molar-refractivity contribution in [2.24, 2.45) is 0 Å². The molecule has 1 unspecified atom stereocenters. The van der Waals surface area contributed by atoms with Gasteiger partial charge in [-0.05, 0) is 38.0 Å². The molecule has 1 amide bonds. The summed E-state index contributed by atoms with van der Waals surface area (Å²) >= 11 is 0. The quantitative estimate of drug-likeness (QED) is 0.861. The normalized spacial score (nSPS) is 18.5. The third-order valence-corrected chi connectivity index (χ3v) is 6.27. The molecular weight excluding hydrogens is 352 g/mol. The van der Waals surface area contributed by atoms with E-state index in [1.54, 1.807) is 6.07 Å². The maximum absolute atomic E-state index is 12.5. The Morgan fingerprint density at radius 3 is 2.73 bits per heavy atom. The number of hydrogen-bond acceptors (Lipinski definition) is 6. The van der Waals surface area contributed by atoms with Crippen molar-refractivity contribution in [3.63, 3.8) is 0 Å². The van der Waals surface area contributed by atoms with Crippen molar-refractivity contribution in [3.05, 3.63) is 47.8 Å². The average Bonchev–Trinajstić information content (AvgIpc) is 2.97. The van der Waals surface area contributed by atoms with Crippen molar-refractivity contribution in [2.75, 3.05) is 28.3 Å². The molecule has 1 aliphatic rings. The Labute approximate surface area is 153 Å². The fraction of sp³-hybridized carbons (Fsp3) is 0.389. The number of nitrogens with one attached hydrogen (secondary N) is 1. The minimum atomic E-state index is -3.01. The van der Waals surface area contributed by atoms with Gasteiger partial charge in [-0.1, -0.05) is 18.2 Å². The van der Waals surface area contributed by atoms with Gasteiger partial charge < -0.3 is 10.2 Å². The fourth-order valence-electron chi connectivity index (χ4n) is 3.10. The molecule has 2 heterocycles. The van der Waals surface area contributed by atoms with E-state index in [0.29, 0.717) is 18.9 Å². The first-order chi connectivity index (χ1) is 12.4. The zero-order valence-electron chi connectivity index (χ0n) is 14.8. The monoisotopic (exact) mass is 374 g/mol. The number of aromatic nitrogens is 2. The first-order valence-electron chi connectivity index (χ1n) is 8.56. The summed E-state index contributed by atoms with van der Waals surface area (Å²) in [5.74, 6) is 0.343. The summed E-state index contributed by atoms with van der Waals surface area (Å²) in [5, 5.41) is 2.85. The Bertz CT molecular complexity index is 914. The summed E-state index contributed by atoms with van der Waals surface area (Å²) in [4.78, 5) is 23.0. The summed E-state index contributed by atoms with van der Waals surface area (Å²) in [6.07, 6.45) is 2.08. The molecule has 138 valence electrons. The zero-order chi connectivity index (χ0) is 18.7. The Kier molecular flexibility index (Phi) is 5.22. The molecule has 1 aromatic carbocycles. The van der Waals surface area contributed by atoms with Crippen molar-refractivity contribution < 1.29 is 13.2 Å². The lowest BCUT2D eigenvalue weighted by molar-refractivity contribution is 0.102. The number of sulfone groups is 1. The van der Waals surface area contributed by atoms with Crippen molar-refractivity contribution in [1.82, 2.24) is 9.97 Å². The molecule has 0 radical (unpaired) electrons. The van der Waals surface area contributed by atoms with Crippen LogP contribution in [0.4, 0.5) is 11.6 Å². The van der Waals surface area contributed by atoms with Gasteiger partial charge in [0.05, 0.1) is 11.5 Å². The van der Waals surface area contributed by atoms with Crippen LogP contribution in [0.5, 0.6) is 0 Å². The molecule has 1 atom stereocenters. The van der Waals surface area contributed by atoms with Gasteiger partial charge in [-0.25, -0.2) is 18.4 Å². The number of benzene rings is 1. The van der Waals surface area contributed by atoms with Gasteiger partial charge in [-0.3, -0.25) is 4.79 Å². The largest absolute Gasteiger partial charge is 0.337 e. The predicted octanol–water partition coefficient (Wildman–Crippen LogP) is 2.05. The van der Waals surface area contributed by atoms with Crippen LogP contribution in [0, 0.1) is 6.92 Å². The third-order valence-electron chi connectivity index (χ3n) is 4.52. The number of hydrogen-bond donors (Lipinski definition) is 1. The summed E-state index contributed by atoms with van der Waals surface area (Å²) in [7, 11) is -3.01. The number of rotatable bonds is 5. The van der Waals surface area contributed by atoms with Crippen LogP contribution in [0.15, 0.2) is 36.5 Å². The maximum Gasteiger partial charge on any atom is 0.274 e. The highest BCUT2D eigenvalue weighted by atomic mass is 32.2. The number of anilines is 2. The van der Waals surface area contributed by atoms with E-state index in [4.69, 9.17) is 0 Å². The highest BCUT2D eigenvalue weighted by Gasteiger charge is 2.33. The van der Waals surface area contributed by atoms with Gasteiger partial charge in [0.15, 0.2) is 9.84 Å². The second kappa shape index (κ2) is 7.41. The summed E-state index contributed by atoms with van der Waals surface area (Å²) < 4.78 is 23.5. The molecule has 1 aliphatic heterocycles. The Balaban J connectivity index is 1.81. The van der Waals surface area contributed by atoms with E-state index in [1.165, 1.54) is 6.20 Å². The average molecular weight is 374 g/mol. The van der Waals surface area contributed by atoms with Crippen LogP contribution >= 0.6 is 0 Å². The van der Waals surface area contributed by atoms with Crippen LogP contribution in [0.2, 0.25) is 0 Å². The van der Waals surface area contributed by atoms with Crippen LogP contribution < -0.4 is 10.2 Å². The highest BCUT2D eigenvalue weighted by Crippen LogP contribution is 2.22. The molecular formula is C18H22N4O3S. The topological polar surface area (TPSA) is 92.3 Å². The lowest BCUT2D eigenvalue weighted by atomic mass is 10.2. The smallest absolute Gasteiger partial charge is 0.274 e. The molecule has 1 N–H and O–H groups in total. The van der Waals surface area contributed by atoms with E-state index in [9.17, 15) is 13.2 Å². The second-order valence-electron chi connectivity index (χ2n) is 6.35. The molecule has 2 aromatic rings. The molecule has 0 saturated carbocycles. The number of para-hydroxylation sites is 1. The van der Waals surface area contributed by atoms with E-state index < -0.39 is 9.84 Å². The molecule has 7 nitrogen and oxygen atoms in total. The van der Waals surface area contributed by atoms with E-state index in [0.717, 1.165) is 11.3 Å². The van der Waals surface area contributed by atoms with E-state index in [-0.39, 0.29) is 29.1 Å². The van der Waals surface area contributed by atoms with Gasteiger partial charge in [0, 0.05) is 24.5 Å². The second-order valence-corrected chi connectivity index (χ2v) is 8.58. The van der Waals surface area contributed by atoms with Crippen LogP contribution in [-0.4, -0.2) is 48.4 Å². The SMILES string of the molecule is CCN(c1nccc(C(=O)Nc2ccccc2C)n1)C1CCS(=O)(=O)C1. The van der Waals surface area contributed by atoms with Crippen molar-refractivity contribution in [2.45, 2.75) is 26.3 Å². The molecule has 1 fully saturated rings. The molecule has 0 bridgehead atoms. The molecule has 0 spiro atoms. The first-order valence-corrected chi connectivity index (χ1v) is 10.4. The minimum Gasteiger partial charge on any atom is -0.337 e. The Hall–Kier alpha value is -2.48.